The standard InChI is InChI=1S/C16H18N2O4S2/c1-11-7-8-18(16-12(11)4-2-5-13(16)19)14(20)10-17-24(21,22)15-6-3-9-23-15/h2-6,9,11,17,19H,7-8,10H2,1H3. The van der Waals surface area contributed by atoms with Crippen molar-refractivity contribution in [2.45, 2.75) is 23.5 Å². The number of carbonyl (C=O) groups excluding carboxylic acids is 1. The molecule has 2 N–H and O–H groups in total. The van der Waals surface area contributed by atoms with Crippen molar-refractivity contribution in [3.8, 4) is 5.75 Å². The maximum atomic E-state index is 12.5. The number of nitrogens with zero attached hydrogens (tertiary/aromatic N) is 1. The number of nitrogens with one attached hydrogen (secondary N) is 1. The van der Waals surface area contributed by atoms with E-state index in [0.29, 0.717) is 12.2 Å². The molecule has 1 aliphatic rings. The van der Waals surface area contributed by atoms with Crippen LogP contribution in [0.4, 0.5) is 5.69 Å². The molecular weight excluding hydrogens is 348 g/mol. The lowest BCUT2D eigenvalue weighted by Gasteiger charge is -2.33. The summed E-state index contributed by atoms with van der Waals surface area (Å²) in [4.78, 5) is 14.0. The van der Waals surface area contributed by atoms with E-state index in [0.717, 1.165) is 23.3 Å². The summed E-state index contributed by atoms with van der Waals surface area (Å²) in [5, 5.41) is 11.8. The maximum Gasteiger partial charge on any atom is 0.250 e. The molecule has 8 heteroatoms. The van der Waals surface area contributed by atoms with Crippen molar-refractivity contribution < 1.29 is 18.3 Å². The van der Waals surface area contributed by atoms with Gasteiger partial charge in [0.25, 0.3) is 10.0 Å². The Morgan fingerprint density at radius 3 is 2.88 bits per heavy atom. The average molecular weight is 366 g/mol. The van der Waals surface area contributed by atoms with E-state index in [2.05, 4.69) is 4.72 Å². The maximum absolute atomic E-state index is 12.5. The summed E-state index contributed by atoms with van der Waals surface area (Å²) >= 11 is 1.09. The number of para-hydroxylation sites is 1. The second-order valence-electron chi connectivity index (χ2n) is 5.71. The molecule has 3 rings (SSSR count). The van der Waals surface area contributed by atoms with Crippen LogP contribution in [-0.2, 0) is 14.8 Å². The minimum absolute atomic E-state index is 0.0357. The first-order chi connectivity index (χ1) is 11.4. The zero-order valence-electron chi connectivity index (χ0n) is 13.1. The fourth-order valence-corrected chi connectivity index (χ4v) is 4.83. The zero-order valence-corrected chi connectivity index (χ0v) is 14.7. The number of amides is 1. The number of carbonyl (C=O) groups is 1. The fraction of sp³-hybridized carbons (Fsp3) is 0.312. The second kappa shape index (κ2) is 6.54. The van der Waals surface area contributed by atoms with E-state index in [1.807, 2.05) is 13.0 Å². The lowest BCUT2D eigenvalue weighted by atomic mass is 9.91. The van der Waals surface area contributed by atoms with Crippen molar-refractivity contribution >= 4 is 33.0 Å². The summed E-state index contributed by atoms with van der Waals surface area (Å²) in [5.74, 6) is -0.114. The first-order valence-corrected chi connectivity index (χ1v) is 9.92. The SMILES string of the molecule is CC1CCN(C(=O)CNS(=O)(=O)c2cccs2)c2c(O)cccc21. The molecule has 24 heavy (non-hydrogen) atoms. The van der Waals surface area contributed by atoms with Crippen LogP contribution in [0.15, 0.2) is 39.9 Å². The molecule has 2 aromatic rings. The van der Waals surface area contributed by atoms with E-state index in [1.165, 1.54) is 17.0 Å². The average Bonchev–Trinajstić information content (AvgIpc) is 3.09. The van der Waals surface area contributed by atoms with Crippen molar-refractivity contribution in [3.05, 3.63) is 41.3 Å². The minimum Gasteiger partial charge on any atom is -0.506 e. The Balaban J connectivity index is 1.79. The van der Waals surface area contributed by atoms with Crippen molar-refractivity contribution in [3.63, 3.8) is 0 Å². The predicted molar refractivity (Wildman–Crippen MR) is 93.0 cm³/mol. The Morgan fingerprint density at radius 1 is 1.38 bits per heavy atom. The van der Waals surface area contributed by atoms with E-state index >= 15 is 0 Å². The number of anilines is 1. The Kier molecular flexibility index (Phi) is 4.62. The van der Waals surface area contributed by atoms with E-state index in [1.54, 1.807) is 17.5 Å². The number of phenolic OH excluding ortho intramolecular Hbond substituents is 1. The van der Waals surface area contributed by atoms with Gasteiger partial charge in [0.05, 0.1) is 12.2 Å². The number of fused-ring (bicyclic) bond motifs is 1. The molecule has 6 nitrogen and oxygen atoms in total. The Bertz CT molecular complexity index is 847. The monoisotopic (exact) mass is 366 g/mol. The van der Waals surface area contributed by atoms with Crippen LogP contribution >= 0.6 is 11.3 Å². The van der Waals surface area contributed by atoms with Gasteiger partial charge in [-0.25, -0.2) is 13.1 Å². The van der Waals surface area contributed by atoms with Gasteiger partial charge in [0.15, 0.2) is 0 Å². The summed E-state index contributed by atoms with van der Waals surface area (Å²) in [6, 6.07) is 8.29. The third-order valence-electron chi connectivity index (χ3n) is 4.11. The number of rotatable bonds is 4. The zero-order chi connectivity index (χ0) is 17.3. The van der Waals surface area contributed by atoms with Crippen LogP contribution in [0.25, 0.3) is 0 Å². The van der Waals surface area contributed by atoms with Gasteiger partial charge in [-0.3, -0.25) is 4.79 Å². The molecule has 1 aliphatic heterocycles. The van der Waals surface area contributed by atoms with Gasteiger partial charge in [0.2, 0.25) is 5.91 Å². The fourth-order valence-electron chi connectivity index (χ4n) is 2.82. The third-order valence-corrected chi connectivity index (χ3v) is 6.91. The summed E-state index contributed by atoms with van der Waals surface area (Å²) in [6.45, 7) is 2.15. The molecule has 1 aromatic heterocycles. The van der Waals surface area contributed by atoms with Gasteiger partial charge in [-0.15, -0.1) is 11.3 Å². The van der Waals surface area contributed by atoms with Crippen LogP contribution in [0.3, 0.4) is 0 Å². The normalized spacial score (nSPS) is 17.5. The van der Waals surface area contributed by atoms with Gasteiger partial charge >= 0.3 is 0 Å². The highest BCUT2D eigenvalue weighted by molar-refractivity contribution is 7.91. The van der Waals surface area contributed by atoms with Crippen LogP contribution < -0.4 is 9.62 Å². The Labute approximate surface area is 144 Å². The number of hydrogen-bond acceptors (Lipinski definition) is 5. The lowest BCUT2D eigenvalue weighted by Crippen LogP contribution is -2.43. The molecule has 1 unspecified atom stereocenters. The van der Waals surface area contributed by atoms with Gasteiger partial charge in [-0.05, 0) is 35.4 Å². The predicted octanol–water partition coefficient (Wildman–Crippen LogP) is 2.27. The molecular formula is C16H18N2O4S2. The van der Waals surface area contributed by atoms with Crippen molar-refractivity contribution in [2.75, 3.05) is 18.0 Å². The summed E-state index contributed by atoms with van der Waals surface area (Å²) < 4.78 is 26.8. The molecule has 0 aliphatic carbocycles. The number of thiophene rings is 1. The Hall–Kier alpha value is -1.90. The molecule has 0 saturated heterocycles. The summed E-state index contributed by atoms with van der Waals surface area (Å²) in [5.41, 5.74) is 1.38. The van der Waals surface area contributed by atoms with Crippen LogP contribution in [0.1, 0.15) is 24.8 Å². The van der Waals surface area contributed by atoms with Crippen LogP contribution in [-0.4, -0.2) is 32.5 Å². The van der Waals surface area contributed by atoms with Crippen LogP contribution in [0.2, 0.25) is 0 Å². The van der Waals surface area contributed by atoms with Crippen molar-refractivity contribution in [1.29, 1.82) is 0 Å². The number of phenols is 1. The molecule has 1 aromatic carbocycles. The minimum atomic E-state index is -3.69. The Morgan fingerprint density at radius 2 is 2.17 bits per heavy atom. The summed E-state index contributed by atoms with van der Waals surface area (Å²) in [7, 11) is -3.69. The van der Waals surface area contributed by atoms with E-state index < -0.39 is 10.0 Å². The molecule has 2 heterocycles. The van der Waals surface area contributed by atoms with Crippen LogP contribution in [0.5, 0.6) is 5.75 Å². The van der Waals surface area contributed by atoms with Crippen LogP contribution in [0, 0.1) is 0 Å². The number of hydrogen-bond donors (Lipinski definition) is 2. The third kappa shape index (κ3) is 3.17. The molecule has 1 amide bonds. The van der Waals surface area contributed by atoms with Crippen molar-refractivity contribution in [2.24, 2.45) is 0 Å². The second-order valence-corrected chi connectivity index (χ2v) is 8.65. The quantitative estimate of drug-likeness (QED) is 0.869. The van der Waals surface area contributed by atoms with Crippen molar-refractivity contribution in [1.82, 2.24) is 4.72 Å². The summed E-state index contributed by atoms with van der Waals surface area (Å²) in [6.07, 6.45) is 0.764. The molecule has 0 radical (unpaired) electrons. The highest BCUT2D eigenvalue weighted by Crippen LogP contribution is 2.40. The van der Waals surface area contributed by atoms with Gasteiger partial charge in [-0.2, -0.15) is 0 Å². The smallest absolute Gasteiger partial charge is 0.250 e. The number of benzene rings is 1. The highest BCUT2D eigenvalue weighted by atomic mass is 32.2. The first kappa shape index (κ1) is 16.9. The van der Waals surface area contributed by atoms with E-state index in [-0.39, 0.29) is 28.3 Å². The van der Waals surface area contributed by atoms with E-state index in [4.69, 9.17) is 0 Å². The van der Waals surface area contributed by atoms with Gasteiger partial charge in [-0.1, -0.05) is 25.1 Å². The first-order valence-electron chi connectivity index (χ1n) is 7.55. The number of aromatic hydroxyl groups is 1. The van der Waals surface area contributed by atoms with E-state index in [9.17, 15) is 18.3 Å². The molecule has 0 bridgehead atoms. The molecule has 0 spiro atoms. The molecule has 0 fully saturated rings. The van der Waals surface area contributed by atoms with Gasteiger partial charge in [0, 0.05) is 6.54 Å². The molecule has 0 saturated carbocycles. The lowest BCUT2D eigenvalue weighted by molar-refractivity contribution is -0.117. The topological polar surface area (TPSA) is 86.7 Å². The van der Waals surface area contributed by atoms with Gasteiger partial charge in [0.1, 0.15) is 9.96 Å². The number of sulfonamides is 1. The molecule has 1 atom stereocenters. The van der Waals surface area contributed by atoms with Gasteiger partial charge < -0.3 is 10.0 Å². The largest absolute Gasteiger partial charge is 0.506 e. The highest BCUT2D eigenvalue weighted by Gasteiger charge is 2.29. The molecule has 128 valence electrons.